The average molecular weight is 290 g/mol. The summed E-state index contributed by atoms with van der Waals surface area (Å²) in [7, 11) is 0. The number of hydrogen-bond donors (Lipinski definition) is 2. The lowest BCUT2D eigenvalue weighted by molar-refractivity contribution is 0.856. The number of fused-ring (bicyclic) bond motifs is 1. The summed E-state index contributed by atoms with van der Waals surface area (Å²) in [5.41, 5.74) is 0.243. The summed E-state index contributed by atoms with van der Waals surface area (Å²) in [4.78, 5) is 21.2. The van der Waals surface area contributed by atoms with Gasteiger partial charge >= 0.3 is 5.69 Å². The normalized spacial score (nSPS) is 12.7. The van der Waals surface area contributed by atoms with E-state index >= 15 is 0 Å². The van der Waals surface area contributed by atoms with Crippen LogP contribution in [-0.4, -0.2) is 24.6 Å². The van der Waals surface area contributed by atoms with Crippen LogP contribution in [0.3, 0.4) is 0 Å². The quantitative estimate of drug-likeness (QED) is 0.762. The SMILES string of the molecule is CCc1cnc(C(C)Nc2cc3n[nH]c(=O)n3cn2)s1. The predicted octanol–water partition coefficient (Wildman–Crippen LogP) is 1.61. The highest BCUT2D eigenvalue weighted by molar-refractivity contribution is 7.11. The molecule has 2 N–H and O–H groups in total. The second-order valence-electron chi connectivity index (χ2n) is 4.42. The molecule has 3 aromatic heterocycles. The largest absolute Gasteiger partial charge is 0.361 e. The molecule has 8 heteroatoms. The fourth-order valence-electron chi connectivity index (χ4n) is 1.86. The van der Waals surface area contributed by atoms with Gasteiger partial charge in [0.1, 0.15) is 17.2 Å². The minimum absolute atomic E-state index is 0.0564. The van der Waals surface area contributed by atoms with Gasteiger partial charge in [-0.15, -0.1) is 11.3 Å². The van der Waals surface area contributed by atoms with Crippen LogP contribution in [0.4, 0.5) is 5.82 Å². The fraction of sp³-hybridized carbons (Fsp3) is 0.333. The van der Waals surface area contributed by atoms with Crippen molar-refractivity contribution in [1.82, 2.24) is 24.6 Å². The minimum atomic E-state index is -0.292. The minimum Gasteiger partial charge on any atom is -0.361 e. The molecule has 0 aliphatic heterocycles. The lowest BCUT2D eigenvalue weighted by Gasteiger charge is -2.11. The third kappa shape index (κ3) is 2.29. The van der Waals surface area contributed by atoms with Crippen molar-refractivity contribution in [3.8, 4) is 0 Å². The van der Waals surface area contributed by atoms with Gasteiger partial charge in [-0.25, -0.2) is 24.3 Å². The molecule has 7 nitrogen and oxygen atoms in total. The monoisotopic (exact) mass is 290 g/mol. The highest BCUT2D eigenvalue weighted by atomic mass is 32.1. The van der Waals surface area contributed by atoms with Crippen LogP contribution in [0.1, 0.15) is 29.8 Å². The van der Waals surface area contributed by atoms with Crippen LogP contribution >= 0.6 is 11.3 Å². The van der Waals surface area contributed by atoms with Crippen molar-refractivity contribution in [2.24, 2.45) is 0 Å². The second kappa shape index (κ2) is 5.04. The van der Waals surface area contributed by atoms with Crippen LogP contribution in [0, 0.1) is 0 Å². The molecular weight excluding hydrogens is 276 g/mol. The molecule has 0 saturated carbocycles. The molecule has 0 amide bonds. The zero-order chi connectivity index (χ0) is 14.1. The molecule has 0 radical (unpaired) electrons. The Kier molecular flexibility index (Phi) is 3.23. The molecule has 3 rings (SSSR count). The number of anilines is 1. The first-order valence-electron chi connectivity index (χ1n) is 6.31. The van der Waals surface area contributed by atoms with Gasteiger partial charge in [-0.2, -0.15) is 5.10 Å². The topological polar surface area (TPSA) is 88.0 Å². The number of aromatic nitrogens is 5. The molecule has 0 spiro atoms. The number of aryl methyl sites for hydroxylation is 1. The number of H-pyrrole nitrogens is 1. The maximum absolute atomic E-state index is 11.3. The van der Waals surface area contributed by atoms with Gasteiger partial charge in [0.05, 0.1) is 6.04 Å². The molecule has 0 fully saturated rings. The van der Waals surface area contributed by atoms with E-state index in [9.17, 15) is 4.79 Å². The molecule has 1 unspecified atom stereocenters. The Labute approximate surface area is 118 Å². The molecule has 3 aromatic rings. The Hall–Kier alpha value is -2.22. The van der Waals surface area contributed by atoms with Gasteiger partial charge in [-0.1, -0.05) is 6.92 Å². The summed E-state index contributed by atoms with van der Waals surface area (Å²) < 4.78 is 1.36. The van der Waals surface area contributed by atoms with Crippen molar-refractivity contribution in [2.45, 2.75) is 26.3 Å². The fourth-order valence-corrected chi connectivity index (χ4v) is 2.72. The zero-order valence-electron chi connectivity index (χ0n) is 11.1. The lowest BCUT2D eigenvalue weighted by Crippen LogP contribution is -2.11. The molecular formula is C12H14N6OS. The molecule has 20 heavy (non-hydrogen) atoms. The van der Waals surface area contributed by atoms with Crippen molar-refractivity contribution in [3.05, 3.63) is 39.0 Å². The van der Waals surface area contributed by atoms with E-state index in [4.69, 9.17) is 0 Å². The number of aromatic amines is 1. The number of rotatable bonds is 4. The lowest BCUT2D eigenvalue weighted by atomic mass is 10.3. The van der Waals surface area contributed by atoms with E-state index in [1.165, 1.54) is 15.6 Å². The summed E-state index contributed by atoms with van der Waals surface area (Å²) in [6.07, 6.45) is 4.35. The standard InChI is InChI=1S/C12H14N6OS/c1-3-8-5-13-11(20-8)7(2)15-9-4-10-16-17-12(19)18(10)6-14-9/h4-7,15H,3H2,1-2H3,(H,17,19). The molecule has 0 aliphatic carbocycles. The number of nitrogens with one attached hydrogen (secondary N) is 2. The van der Waals surface area contributed by atoms with Crippen molar-refractivity contribution < 1.29 is 0 Å². The molecule has 0 aliphatic rings. The summed E-state index contributed by atoms with van der Waals surface area (Å²) in [6, 6.07) is 1.78. The Morgan fingerprint density at radius 1 is 1.50 bits per heavy atom. The molecule has 104 valence electrons. The van der Waals surface area contributed by atoms with Crippen LogP contribution in [0.15, 0.2) is 23.4 Å². The Morgan fingerprint density at radius 2 is 2.35 bits per heavy atom. The van der Waals surface area contributed by atoms with Crippen LogP contribution in [0.2, 0.25) is 0 Å². The van der Waals surface area contributed by atoms with Crippen LogP contribution in [0.25, 0.3) is 5.65 Å². The van der Waals surface area contributed by atoms with E-state index in [1.807, 2.05) is 13.1 Å². The Bertz CT molecular complexity index is 788. The summed E-state index contributed by atoms with van der Waals surface area (Å²) in [6.45, 7) is 4.14. The first-order valence-corrected chi connectivity index (χ1v) is 7.13. The maximum atomic E-state index is 11.3. The summed E-state index contributed by atoms with van der Waals surface area (Å²) in [5, 5.41) is 10.6. The number of thiazole rings is 1. The van der Waals surface area contributed by atoms with Crippen LogP contribution in [0.5, 0.6) is 0 Å². The van der Waals surface area contributed by atoms with Gasteiger partial charge in [0, 0.05) is 17.1 Å². The van der Waals surface area contributed by atoms with E-state index in [1.54, 1.807) is 17.4 Å². The van der Waals surface area contributed by atoms with E-state index in [0.29, 0.717) is 11.5 Å². The average Bonchev–Trinajstić information content (AvgIpc) is 3.06. The van der Waals surface area contributed by atoms with Gasteiger partial charge in [0.25, 0.3) is 0 Å². The first-order chi connectivity index (χ1) is 9.67. The first kappa shape index (κ1) is 12.8. The molecule has 0 saturated heterocycles. The second-order valence-corrected chi connectivity index (χ2v) is 5.56. The van der Waals surface area contributed by atoms with E-state index in [2.05, 4.69) is 32.4 Å². The maximum Gasteiger partial charge on any atom is 0.348 e. The zero-order valence-corrected chi connectivity index (χ0v) is 11.9. The van der Waals surface area contributed by atoms with E-state index < -0.39 is 0 Å². The molecule has 0 aromatic carbocycles. The highest BCUT2D eigenvalue weighted by Crippen LogP contribution is 2.23. The number of hydrogen-bond acceptors (Lipinski definition) is 6. The summed E-state index contributed by atoms with van der Waals surface area (Å²) >= 11 is 1.69. The highest BCUT2D eigenvalue weighted by Gasteiger charge is 2.11. The van der Waals surface area contributed by atoms with Gasteiger partial charge in [0.15, 0.2) is 5.65 Å². The van der Waals surface area contributed by atoms with Gasteiger partial charge in [-0.05, 0) is 13.3 Å². The van der Waals surface area contributed by atoms with Gasteiger partial charge < -0.3 is 5.32 Å². The Morgan fingerprint density at radius 3 is 3.10 bits per heavy atom. The Balaban J connectivity index is 1.83. The van der Waals surface area contributed by atoms with Crippen molar-refractivity contribution in [2.75, 3.05) is 5.32 Å². The van der Waals surface area contributed by atoms with E-state index in [0.717, 1.165) is 11.4 Å². The smallest absolute Gasteiger partial charge is 0.348 e. The predicted molar refractivity (Wildman–Crippen MR) is 77.1 cm³/mol. The molecule has 1 atom stereocenters. The van der Waals surface area contributed by atoms with Crippen LogP contribution < -0.4 is 11.0 Å². The van der Waals surface area contributed by atoms with Crippen molar-refractivity contribution >= 4 is 22.8 Å². The van der Waals surface area contributed by atoms with Crippen LogP contribution in [-0.2, 0) is 6.42 Å². The third-order valence-electron chi connectivity index (χ3n) is 2.96. The van der Waals surface area contributed by atoms with Gasteiger partial charge in [0.2, 0.25) is 0 Å². The van der Waals surface area contributed by atoms with Gasteiger partial charge in [-0.3, -0.25) is 0 Å². The van der Waals surface area contributed by atoms with Crippen molar-refractivity contribution in [3.63, 3.8) is 0 Å². The third-order valence-corrected chi connectivity index (χ3v) is 4.29. The molecule has 3 heterocycles. The summed E-state index contributed by atoms with van der Waals surface area (Å²) in [5.74, 6) is 0.664. The number of nitrogens with zero attached hydrogens (tertiary/aromatic N) is 4. The molecule has 0 bridgehead atoms. The van der Waals surface area contributed by atoms with Crippen molar-refractivity contribution in [1.29, 1.82) is 0 Å². The van der Waals surface area contributed by atoms with E-state index in [-0.39, 0.29) is 11.7 Å².